The number of hydrogen-bond donors (Lipinski definition) is 2. The van der Waals surface area contributed by atoms with Gasteiger partial charge in [0.2, 0.25) is 0 Å². The first kappa shape index (κ1) is 23.7. The van der Waals surface area contributed by atoms with Crippen molar-refractivity contribution in [1.29, 1.82) is 0 Å². The highest BCUT2D eigenvalue weighted by atomic mass is 32.2. The van der Waals surface area contributed by atoms with E-state index in [0.29, 0.717) is 16.1 Å². The Bertz CT molecular complexity index is 1560. The smallest absolute Gasteiger partial charge is 0.301 e. The second-order valence-corrected chi connectivity index (χ2v) is 10.5. The van der Waals surface area contributed by atoms with Crippen molar-refractivity contribution in [2.75, 3.05) is 24.5 Å². The van der Waals surface area contributed by atoms with Crippen LogP contribution in [-0.4, -0.2) is 80.2 Å². The average molecular weight is 522 g/mol. The van der Waals surface area contributed by atoms with Gasteiger partial charge < -0.3 is 19.8 Å². The Hall–Kier alpha value is -3.68. The van der Waals surface area contributed by atoms with Crippen LogP contribution in [0.1, 0.15) is 13.8 Å². The number of aliphatic imine (C=N–C) groups is 1. The van der Waals surface area contributed by atoms with Gasteiger partial charge in [-0.05, 0) is 26.0 Å². The molecule has 192 valence electrons. The minimum atomic E-state index is -2.13. The molecule has 0 radical (unpaired) electrons. The first-order valence-electron chi connectivity index (χ1n) is 12.2. The highest BCUT2D eigenvalue weighted by Crippen LogP contribution is 2.44. The SMILES string of the molecule is CCn1cc(-c2nc3c(N4CC[N+]5(C(N)=Nc6ccccc6S(=O)O)C(C)C5C4)ncnc3n2C)cn1. The predicted octanol–water partition coefficient (Wildman–Crippen LogP) is 1.88. The number of imidazole rings is 1. The van der Waals surface area contributed by atoms with Gasteiger partial charge in [-0.1, -0.05) is 12.1 Å². The van der Waals surface area contributed by atoms with Crippen molar-refractivity contribution in [1.82, 2.24) is 29.3 Å². The Kier molecular flexibility index (Phi) is 5.58. The standard InChI is InChI=1S/C24H28N10O2S/c1-4-33-12-16(11-28-33)21-30-20-22(31(21)3)26-14-27-23(20)32-9-10-34(15(2)18(34)13-32)24(25)29-17-7-5-6-8-19(17)37(35)36/h5-8,11-12,14-15,18H,4,9-10,13H2,1-3H3,(H2-,25,29,35,36)/p+1. The van der Waals surface area contributed by atoms with Gasteiger partial charge in [0.05, 0.1) is 35.4 Å². The summed E-state index contributed by atoms with van der Waals surface area (Å²) >= 11 is -2.13. The minimum absolute atomic E-state index is 0.236. The topological polar surface area (TPSA) is 140 Å². The van der Waals surface area contributed by atoms with Crippen LogP contribution in [0.15, 0.2) is 52.9 Å². The summed E-state index contributed by atoms with van der Waals surface area (Å²) < 4.78 is 25.8. The summed E-state index contributed by atoms with van der Waals surface area (Å²) in [6.07, 6.45) is 5.40. The van der Waals surface area contributed by atoms with Crippen LogP contribution in [0.25, 0.3) is 22.6 Å². The number of rotatable bonds is 5. The fourth-order valence-electron chi connectivity index (χ4n) is 5.64. The van der Waals surface area contributed by atoms with Crippen LogP contribution in [0, 0.1) is 0 Å². The summed E-state index contributed by atoms with van der Waals surface area (Å²) in [6, 6.07) is 7.33. The molecule has 2 aliphatic rings. The number of para-hydroxylation sites is 1. The van der Waals surface area contributed by atoms with E-state index < -0.39 is 11.1 Å². The van der Waals surface area contributed by atoms with Gasteiger partial charge in [-0.25, -0.2) is 23.6 Å². The van der Waals surface area contributed by atoms with E-state index in [4.69, 9.17) is 10.7 Å². The third kappa shape index (κ3) is 3.64. The zero-order valence-electron chi connectivity index (χ0n) is 20.9. The second-order valence-electron chi connectivity index (χ2n) is 9.54. The van der Waals surface area contributed by atoms with Gasteiger partial charge in [0.25, 0.3) is 0 Å². The van der Waals surface area contributed by atoms with Gasteiger partial charge in [0.15, 0.2) is 34.1 Å². The van der Waals surface area contributed by atoms with Crippen LogP contribution in [-0.2, 0) is 24.7 Å². The first-order valence-corrected chi connectivity index (χ1v) is 13.3. The van der Waals surface area contributed by atoms with E-state index in [1.807, 2.05) is 35.6 Å². The number of quaternary nitrogens is 1. The lowest BCUT2D eigenvalue weighted by molar-refractivity contribution is -0.732. The number of piperazine rings is 1. The zero-order chi connectivity index (χ0) is 25.9. The molecular formula is C24H29N10O2S+. The number of nitrogens with two attached hydrogens (primary N) is 1. The molecular weight excluding hydrogens is 492 g/mol. The Balaban J connectivity index is 1.30. The number of aryl methyl sites for hydroxylation is 2. The maximum atomic E-state index is 11.7. The number of nitrogens with zero attached hydrogens (tertiary/aromatic N) is 9. The largest absolute Gasteiger partial charge is 0.343 e. The van der Waals surface area contributed by atoms with Crippen LogP contribution >= 0.6 is 0 Å². The Morgan fingerprint density at radius 1 is 1.32 bits per heavy atom. The number of hydrogen-bond acceptors (Lipinski definition) is 7. The van der Waals surface area contributed by atoms with Gasteiger partial charge in [0.1, 0.15) is 24.7 Å². The van der Waals surface area contributed by atoms with Crippen LogP contribution in [0.4, 0.5) is 11.5 Å². The van der Waals surface area contributed by atoms with E-state index in [-0.39, 0.29) is 17.0 Å². The van der Waals surface area contributed by atoms with E-state index in [1.54, 1.807) is 30.6 Å². The van der Waals surface area contributed by atoms with Crippen molar-refractivity contribution in [3.8, 4) is 11.4 Å². The second kappa shape index (κ2) is 8.71. The van der Waals surface area contributed by atoms with Crippen LogP contribution in [0.2, 0.25) is 0 Å². The molecule has 0 saturated carbocycles. The van der Waals surface area contributed by atoms with Crippen molar-refractivity contribution < 1.29 is 13.2 Å². The number of fused-ring (bicyclic) bond motifs is 2. The first-order chi connectivity index (χ1) is 17.8. The predicted molar refractivity (Wildman–Crippen MR) is 141 cm³/mol. The van der Waals surface area contributed by atoms with Crippen LogP contribution < -0.4 is 10.6 Å². The Morgan fingerprint density at radius 3 is 2.86 bits per heavy atom. The highest BCUT2D eigenvalue weighted by molar-refractivity contribution is 7.79. The van der Waals surface area contributed by atoms with Gasteiger partial charge in [-0.3, -0.25) is 4.68 Å². The van der Waals surface area contributed by atoms with Crippen LogP contribution in [0.5, 0.6) is 0 Å². The quantitative estimate of drug-likeness (QED) is 0.133. The number of benzene rings is 1. The molecule has 5 heterocycles. The molecule has 3 aromatic heterocycles. The third-order valence-corrected chi connectivity index (χ3v) is 8.52. The summed E-state index contributed by atoms with van der Waals surface area (Å²) in [6.45, 7) is 7.23. The molecule has 4 aromatic rings. The summed E-state index contributed by atoms with van der Waals surface area (Å²) in [5.41, 5.74) is 9.47. The Labute approximate surface area is 216 Å². The summed E-state index contributed by atoms with van der Waals surface area (Å²) in [7, 11) is 1.96. The molecule has 3 N–H and O–H groups in total. The lowest BCUT2D eigenvalue weighted by Crippen LogP contribution is -2.53. The molecule has 2 saturated heterocycles. The van der Waals surface area contributed by atoms with Crippen molar-refractivity contribution in [2.24, 2.45) is 17.8 Å². The minimum Gasteiger partial charge on any atom is -0.343 e. The number of aromatic nitrogens is 6. The van der Waals surface area contributed by atoms with Crippen molar-refractivity contribution in [3.63, 3.8) is 0 Å². The maximum Gasteiger partial charge on any atom is 0.301 e. The molecule has 6 rings (SSSR count). The maximum absolute atomic E-state index is 11.7. The van der Waals surface area contributed by atoms with Crippen LogP contribution in [0.3, 0.4) is 0 Å². The molecule has 2 aliphatic heterocycles. The van der Waals surface area contributed by atoms with E-state index in [9.17, 15) is 8.76 Å². The molecule has 12 nitrogen and oxygen atoms in total. The molecule has 4 unspecified atom stereocenters. The molecule has 1 aromatic carbocycles. The zero-order valence-corrected chi connectivity index (χ0v) is 21.7. The number of guanidine groups is 1. The van der Waals surface area contributed by atoms with E-state index >= 15 is 0 Å². The molecule has 37 heavy (non-hydrogen) atoms. The fraction of sp³-hybridized carbons (Fsp3) is 0.375. The van der Waals surface area contributed by atoms with Gasteiger partial charge in [-0.2, -0.15) is 10.1 Å². The third-order valence-electron chi connectivity index (χ3n) is 7.80. The monoisotopic (exact) mass is 521 g/mol. The van der Waals surface area contributed by atoms with Gasteiger partial charge in [-0.15, -0.1) is 0 Å². The van der Waals surface area contributed by atoms with Gasteiger partial charge in [0, 0.05) is 19.8 Å². The summed E-state index contributed by atoms with van der Waals surface area (Å²) in [5.74, 6) is 2.08. The average Bonchev–Trinajstić information content (AvgIpc) is 3.19. The molecule has 4 atom stereocenters. The fourth-order valence-corrected chi connectivity index (χ4v) is 6.13. The van der Waals surface area contributed by atoms with Crippen molar-refractivity contribution >= 4 is 39.7 Å². The van der Waals surface area contributed by atoms with Crippen molar-refractivity contribution in [2.45, 2.75) is 37.4 Å². The molecule has 2 fully saturated rings. The van der Waals surface area contributed by atoms with E-state index in [1.165, 1.54) is 0 Å². The summed E-state index contributed by atoms with van der Waals surface area (Å²) in [5, 5.41) is 4.39. The molecule has 0 spiro atoms. The Morgan fingerprint density at radius 2 is 2.14 bits per heavy atom. The molecule has 0 bridgehead atoms. The summed E-state index contributed by atoms with van der Waals surface area (Å²) in [4.78, 5) is 21.2. The van der Waals surface area contributed by atoms with Gasteiger partial charge >= 0.3 is 5.96 Å². The lowest BCUT2D eigenvalue weighted by atomic mass is 10.2. The van der Waals surface area contributed by atoms with Crippen molar-refractivity contribution in [3.05, 3.63) is 43.0 Å². The lowest BCUT2D eigenvalue weighted by Gasteiger charge is -2.31. The number of anilines is 1. The van der Waals surface area contributed by atoms with E-state index in [2.05, 4.69) is 31.9 Å². The molecule has 0 aliphatic carbocycles. The molecule has 0 amide bonds. The normalized spacial score (nSPS) is 24.3. The molecule has 13 heteroatoms. The highest BCUT2D eigenvalue weighted by Gasteiger charge is 2.69. The van der Waals surface area contributed by atoms with E-state index in [0.717, 1.165) is 54.5 Å².